The molecule has 0 saturated heterocycles. The Hall–Kier alpha value is -1.32. The van der Waals surface area contributed by atoms with E-state index in [1.165, 1.54) is 6.66 Å². The van der Waals surface area contributed by atoms with E-state index >= 15 is 0 Å². The Balaban J connectivity index is 2.59. The van der Waals surface area contributed by atoms with Crippen molar-refractivity contribution in [3.63, 3.8) is 0 Å². The van der Waals surface area contributed by atoms with Crippen LogP contribution >= 0.6 is 7.52 Å². The molecule has 1 aromatic rings. The van der Waals surface area contributed by atoms with Crippen LogP contribution in [0.2, 0.25) is 0 Å². The van der Waals surface area contributed by atoms with Gasteiger partial charge in [-0.2, -0.15) is 0 Å². The standard InChI is InChI=1S/C13H20NO4P/c1-10(2)17-13(15)11(3)14-19(4,16)18-12-8-6-5-7-9-12/h5-11H,1-4H3,(H,14,16)/t11-,19+/m1/s1. The quantitative estimate of drug-likeness (QED) is 0.643. The van der Waals surface area contributed by atoms with E-state index in [1.54, 1.807) is 45.0 Å². The summed E-state index contributed by atoms with van der Waals surface area (Å²) in [5.41, 5.74) is 0. The van der Waals surface area contributed by atoms with Gasteiger partial charge in [-0.3, -0.25) is 9.36 Å². The summed E-state index contributed by atoms with van der Waals surface area (Å²) in [5.74, 6) is 0.0407. The molecule has 0 heterocycles. The van der Waals surface area contributed by atoms with E-state index in [9.17, 15) is 9.36 Å². The van der Waals surface area contributed by atoms with Crippen LogP contribution in [-0.2, 0) is 14.1 Å². The third-order valence-corrected chi connectivity index (χ3v) is 3.57. The molecule has 0 fully saturated rings. The van der Waals surface area contributed by atoms with Crippen LogP contribution in [-0.4, -0.2) is 24.8 Å². The molecule has 1 N–H and O–H groups in total. The summed E-state index contributed by atoms with van der Waals surface area (Å²) in [6.45, 7) is 6.54. The van der Waals surface area contributed by atoms with E-state index in [0.29, 0.717) is 5.75 Å². The zero-order valence-electron chi connectivity index (χ0n) is 11.6. The molecule has 0 saturated carbocycles. The molecule has 0 unspecified atom stereocenters. The van der Waals surface area contributed by atoms with E-state index in [4.69, 9.17) is 9.26 Å². The fraction of sp³-hybridized carbons (Fsp3) is 0.462. The van der Waals surface area contributed by atoms with Crippen molar-refractivity contribution < 1.29 is 18.6 Å². The summed E-state index contributed by atoms with van der Waals surface area (Å²) in [6, 6.07) is 8.12. The molecule has 1 rings (SSSR count). The van der Waals surface area contributed by atoms with E-state index < -0.39 is 19.5 Å². The third-order valence-electron chi connectivity index (χ3n) is 2.16. The van der Waals surface area contributed by atoms with Crippen molar-refractivity contribution in [2.24, 2.45) is 0 Å². The second-order valence-electron chi connectivity index (χ2n) is 4.59. The Morgan fingerprint density at radius 1 is 1.21 bits per heavy atom. The Kier molecular flexibility index (Phi) is 5.58. The highest BCUT2D eigenvalue weighted by Gasteiger charge is 2.25. The molecule has 0 bridgehead atoms. The zero-order chi connectivity index (χ0) is 14.5. The van der Waals surface area contributed by atoms with Gasteiger partial charge in [0, 0.05) is 6.66 Å². The summed E-state index contributed by atoms with van der Waals surface area (Å²) in [6.07, 6.45) is -0.206. The summed E-state index contributed by atoms with van der Waals surface area (Å²) < 4.78 is 22.6. The molecule has 19 heavy (non-hydrogen) atoms. The molecule has 1 aromatic carbocycles. The van der Waals surface area contributed by atoms with Crippen molar-refractivity contribution >= 4 is 13.5 Å². The highest BCUT2D eigenvalue weighted by molar-refractivity contribution is 7.56. The first-order chi connectivity index (χ1) is 8.80. The minimum atomic E-state index is -3.12. The number of carbonyl (C=O) groups excluding carboxylic acids is 1. The van der Waals surface area contributed by atoms with Crippen molar-refractivity contribution in [2.45, 2.75) is 32.9 Å². The average Bonchev–Trinajstić information content (AvgIpc) is 2.27. The fourth-order valence-electron chi connectivity index (χ4n) is 1.45. The SMILES string of the molecule is CC(C)OC(=O)[C@@H](C)N[P@@](C)(=O)Oc1ccccc1. The molecule has 0 aliphatic heterocycles. The number of hydrogen-bond donors (Lipinski definition) is 1. The average molecular weight is 285 g/mol. The van der Waals surface area contributed by atoms with Gasteiger partial charge in [0.25, 0.3) is 0 Å². The zero-order valence-corrected chi connectivity index (χ0v) is 12.5. The molecular formula is C13H20NO4P. The van der Waals surface area contributed by atoms with E-state index in [0.717, 1.165) is 0 Å². The molecule has 0 radical (unpaired) electrons. The van der Waals surface area contributed by atoms with E-state index in [1.807, 2.05) is 6.07 Å². The molecule has 0 aromatic heterocycles. The van der Waals surface area contributed by atoms with Gasteiger partial charge in [0.1, 0.15) is 11.8 Å². The molecule has 6 heteroatoms. The lowest BCUT2D eigenvalue weighted by atomic mass is 10.3. The first-order valence-corrected chi connectivity index (χ1v) is 8.18. The van der Waals surface area contributed by atoms with Crippen molar-refractivity contribution in [1.29, 1.82) is 0 Å². The van der Waals surface area contributed by atoms with Crippen LogP contribution < -0.4 is 9.61 Å². The lowest BCUT2D eigenvalue weighted by molar-refractivity contribution is -0.149. The van der Waals surface area contributed by atoms with E-state index in [2.05, 4.69) is 5.09 Å². The third kappa shape index (κ3) is 5.90. The summed E-state index contributed by atoms with van der Waals surface area (Å²) in [7, 11) is -3.12. The number of rotatable bonds is 6. The van der Waals surface area contributed by atoms with E-state index in [-0.39, 0.29) is 6.10 Å². The van der Waals surface area contributed by atoms with Crippen LogP contribution in [0.5, 0.6) is 5.75 Å². The van der Waals surface area contributed by atoms with Gasteiger partial charge in [0.2, 0.25) is 0 Å². The van der Waals surface area contributed by atoms with Gasteiger partial charge in [-0.1, -0.05) is 18.2 Å². The number of nitrogens with one attached hydrogen (secondary N) is 1. The number of para-hydroxylation sites is 1. The topological polar surface area (TPSA) is 64.6 Å². The van der Waals surface area contributed by atoms with Crippen LogP contribution in [0.4, 0.5) is 0 Å². The Bertz CT molecular complexity index is 461. The first-order valence-electron chi connectivity index (χ1n) is 6.10. The molecule has 0 aliphatic carbocycles. The first kappa shape index (κ1) is 15.7. The second-order valence-corrected chi connectivity index (χ2v) is 6.72. The lowest BCUT2D eigenvalue weighted by Gasteiger charge is -2.21. The highest BCUT2D eigenvalue weighted by Crippen LogP contribution is 2.39. The molecule has 5 nitrogen and oxygen atoms in total. The Labute approximate surface area is 113 Å². The Morgan fingerprint density at radius 2 is 1.79 bits per heavy atom. The number of benzene rings is 1. The molecule has 2 atom stereocenters. The molecule has 0 spiro atoms. The predicted molar refractivity (Wildman–Crippen MR) is 74.4 cm³/mol. The van der Waals surface area contributed by atoms with Crippen LogP contribution in [0, 0.1) is 0 Å². The second kappa shape index (κ2) is 6.73. The van der Waals surface area contributed by atoms with Gasteiger partial charge in [0.05, 0.1) is 6.10 Å². The van der Waals surface area contributed by atoms with Crippen molar-refractivity contribution in [3.8, 4) is 5.75 Å². The maximum absolute atomic E-state index is 12.2. The van der Waals surface area contributed by atoms with Crippen LogP contribution in [0.15, 0.2) is 30.3 Å². The van der Waals surface area contributed by atoms with Gasteiger partial charge >= 0.3 is 13.5 Å². The predicted octanol–water partition coefficient (Wildman–Crippen LogP) is 2.82. The van der Waals surface area contributed by atoms with Crippen LogP contribution in [0.3, 0.4) is 0 Å². The highest BCUT2D eigenvalue weighted by atomic mass is 31.2. The molecule has 0 amide bonds. The van der Waals surface area contributed by atoms with Gasteiger partial charge in [-0.25, -0.2) is 5.09 Å². The number of esters is 1. The fourth-order valence-corrected chi connectivity index (χ4v) is 2.83. The van der Waals surface area contributed by atoms with Crippen molar-refractivity contribution in [3.05, 3.63) is 30.3 Å². The Morgan fingerprint density at radius 3 is 2.32 bits per heavy atom. The molecule has 0 aliphatic rings. The molecular weight excluding hydrogens is 265 g/mol. The summed E-state index contributed by atoms with van der Waals surface area (Å²) in [5, 5.41) is 2.67. The largest absolute Gasteiger partial charge is 0.462 e. The number of hydrogen-bond acceptors (Lipinski definition) is 4. The minimum absolute atomic E-state index is 0.206. The van der Waals surface area contributed by atoms with Gasteiger partial charge < -0.3 is 9.26 Å². The van der Waals surface area contributed by atoms with Gasteiger partial charge in [-0.05, 0) is 32.9 Å². The summed E-state index contributed by atoms with van der Waals surface area (Å²) >= 11 is 0. The smallest absolute Gasteiger partial charge is 0.323 e. The van der Waals surface area contributed by atoms with Crippen molar-refractivity contribution in [1.82, 2.24) is 5.09 Å². The van der Waals surface area contributed by atoms with Crippen LogP contribution in [0.1, 0.15) is 20.8 Å². The number of ether oxygens (including phenoxy) is 1. The normalized spacial score (nSPS) is 15.6. The van der Waals surface area contributed by atoms with Gasteiger partial charge in [0.15, 0.2) is 0 Å². The van der Waals surface area contributed by atoms with Gasteiger partial charge in [-0.15, -0.1) is 0 Å². The lowest BCUT2D eigenvalue weighted by Crippen LogP contribution is -2.35. The minimum Gasteiger partial charge on any atom is -0.462 e. The molecule has 106 valence electrons. The number of carbonyl (C=O) groups is 1. The maximum Gasteiger partial charge on any atom is 0.323 e. The van der Waals surface area contributed by atoms with Crippen LogP contribution in [0.25, 0.3) is 0 Å². The monoisotopic (exact) mass is 285 g/mol. The summed E-state index contributed by atoms with van der Waals surface area (Å²) in [4.78, 5) is 11.6. The maximum atomic E-state index is 12.2. The van der Waals surface area contributed by atoms with Crippen molar-refractivity contribution in [2.75, 3.05) is 6.66 Å².